The Morgan fingerprint density at radius 3 is 2.54 bits per heavy atom. The lowest BCUT2D eigenvalue weighted by atomic mass is 9.98. The van der Waals surface area contributed by atoms with Crippen molar-refractivity contribution >= 4 is 12.1 Å². The Morgan fingerprint density at radius 2 is 2.00 bits per heavy atom. The summed E-state index contributed by atoms with van der Waals surface area (Å²) < 4.78 is 9.94. The second-order valence-electron chi connectivity index (χ2n) is 6.37. The molecule has 1 rings (SSSR count). The molecule has 1 atom stereocenters. The van der Waals surface area contributed by atoms with Gasteiger partial charge < -0.3 is 19.9 Å². The Balaban J connectivity index is 2.96. The second kappa shape index (κ2) is 8.38. The van der Waals surface area contributed by atoms with Gasteiger partial charge in [0.15, 0.2) is 0 Å². The monoisotopic (exact) mass is 335 g/mol. The predicted octanol–water partition coefficient (Wildman–Crippen LogP) is 2.73. The van der Waals surface area contributed by atoms with E-state index in [1.807, 2.05) is 0 Å². The van der Waals surface area contributed by atoms with Crippen LogP contribution >= 0.6 is 0 Å². The maximum Gasteiger partial charge on any atom is 0.408 e. The van der Waals surface area contributed by atoms with Gasteiger partial charge in [-0.2, -0.15) is 0 Å². The molecule has 0 aliphatic rings. The van der Waals surface area contributed by atoms with Crippen LogP contribution in [0.15, 0.2) is 30.9 Å². The van der Waals surface area contributed by atoms with Crippen molar-refractivity contribution in [1.29, 1.82) is 0 Å². The van der Waals surface area contributed by atoms with E-state index in [4.69, 9.17) is 9.47 Å². The fourth-order valence-electron chi connectivity index (χ4n) is 2.16. The zero-order valence-electron chi connectivity index (χ0n) is 14.6. The first-order valence-electron chi connectivity index (χ1n) is 7.65. The maximum absolute atomic E-state index is 12.0. The lowest BCUT2D eigenvalue weighted by Gasteiger charge is -2.23. The summed E-state index contributed by atoms with van der Waals surface area (Å²) in [4.78, 5) is 23.9. The fraction of sp³-hybridized carbons (Fsp3) is 0.444. The van der Waals surface area contributed by atoms with Gasteiger partial charge >= 0.3 is 12.1 Å². The highest BCUT2D eigenvalue weighted by Crippen LogP contribution is 2.19. The number of methoxy groups -OCH3 is 1. The van der Waals surface area contributed by atoms with E-state index < -0.39 is 23.7 Å². The number of nitrogens with one attached hydrogen (secondary N) is 1. The maximum atomic E-state index is 12.0. The normalized spacial score (nSPS) is 12.2. The largest absolute Gasteiger partial charge is 0.508 e. The molecule has 0 saturated heterocycles. The first kappa shape index (κ1) is 19.5. The van der Waals surface area contributed by atoms with Gasteiger partial charge in [-0.05, 0) is 50.5 Å². The number of rotatable bonds is 6. The van der Waals surface area contributed by atoms with E-state index in [1.165, 1.54) is 13.2 Å². The van der Waals surface area contributed by atoms with Crippen LogP contribution in [0, 0.1) is 0 Å². The van der Waals surface area contributed by atoms with Crippen molar-refractivity contribution in [3.05, 3.63) is 42.0 Å². The van der Waals surface area contributed by atoms with Gasteiger partial charge in [0.2, 0.25) is 0 Å². The average molecular weight is 335 g/mol. The van der Waals surface area contributed by atoms with Gasteiger partial charge in [0.25, 0.3) is 0 Å². The zero-order valence-corrected chi connectivity index (χ0v) is 14.6. The first-order valence-corrected chi connectivity index (χ1v) is 7.65. The summed E-state index contributed by atoms with van der Waals surface area (Å²) in [6.45, 7) is 8.90. The number of esters is 1. The summed E-state index contributed by atoms with van der Waals surface area (Å²) in [6, 6.07) is 3.96. The fourth-order valence-corrected chi connectivity index (χ4v) is 2.16. The number of hydrogen-bond acceptors (Lipinski definition) is 5. The quantitative estimate of drug-likeness (QED) is 0.617. The Labute approximate surface area is 142 Å². The number of aromatic hydroxyl groups is 1. The van der Waals surface area contributed by atoms with Crippen LogP contribution in [-0.2, 0) is 27.1 Å². The Hall–Kier alpha value is -2.50. The number of allylic oxidation sites excluding steroid dienone is 1. The molecule has 0 fully saturated rings. The van der Waals surface area contributed by atoms with Gasteiger partial charge in [-0.25, -0.2) is 9.59 Å². The van der Waals surface area contributed by atoms with Crippen LogP contribution in [-0.4, -0.2) is 35.9 Å². The van der Waals surface area contributed by atoms with E-state index in [1.54, 1.807) is 39.0 Å². The third-order valence-electron chi connectivity index (χ3n) is 3.15. The van der Waals surface area contributed by atoms with E-state index in [2.05, 4.69) is 11.9 Å². The van der Waals surface area contributed by atoms with Crippen LogP contribution in [0.5, 0.6) is 5.75 Å². The Bertz CT molecular complexity index is 604. The molecule has 0 radical (unpaired) electrons. The lowest BCUT2D eigenvalue weighted by Crippen LogP contribution is -2.45. The molecule has 24 heavy (non-hydrogen) atoms. The number of amides is 1. The first-order chi connectivity index (χ1) is 11.2. The van der Waals surface area contributed by atoms with Crippen molar-refractivity contribution in [2.24, 2.45) is 0 Å². The summed E-state index contributed by atoms with van der Waals surface area (Å²) in [5, 5.41) is 12.1. The Kier molecular flexibility index (Phi) is 6.82. The molecule has 0 spiro atoms. The van der Waals surface area contributed by atoms with Crippen molar-refractivity contribution in [2.45, 2.75) is 45.3 Å². The van der Waals surface area contributed by atoms with E-state index in [9.17, 15) is 14.7 Å². The summed E-state index contributed by atoms with van der Waals surface area (Å²) in [5.74, 6) is -0.441. The van der Waals surface area contributed by atoms with Crippen molar-refractivity contribution in [3.63, 3.8) is 0 Å². The van der Waals surface area contributed by atoms with Crippen molar-refractivity contribution < 1.29 is 24.2 Å². The molecule has 2 N–H and O–H groups in total. The summed E-state index contributed by atoms with van der Waals surface area (Å²) >= 11 is 0. The van der Waals surface area contributed by atoms with Crippen molar-refractivity contribution in [1.82, 2.24) is 5.32 Å². The van der Waals surface area contributed by atoms with Gasteiger partial charge in [-0.15, -0.1) is 6.58 Å². The molecule has 6 heteroatoms. The smallest absolute Gasteiger partial charge is 0.408 e. The number of phenols is 1. The molecule has 0 bridgehead atoms. The molecule has 0 saturated carbocycles. The van der Waals surface area contributed by atoms with Crippen LogP contribution in [0.1, 0.15) is 31.9 Å². The molecule has 0 heterocycles. The number of carbonyl (C=O) groups excluding carboxylic acids is 2. The molecular formula is C18H25NO5. The minimum atomic E-state index is -0.891. The number of ether oxygens (including phenoxy) is 2. The van der Waals surface area contributed by atoms with Crippen LogP contribution < -0.4 is 5.32 Å². The standard InChI is InChI=1S/C18H25NO5/c1-6-7-12-10-14(20)9-8-13(12)11-15(16(21)23-5)19-17(22)24-18(2,3)4/h6,8-10,15,20H,1,7,11H2,2-5H3,(H,19,22)/t15-/m0/s1. The highest BCUT2D eigenvalue weighted by Gasteiger charge is 2.26. The molecule has 0 unspecified atom stereocenters. The number of alkyl carbamates (subject to hydrolysis) is 1. The topological polar surface area (TPSA) is 84.9 Å². The molecule has 1 amide bonds. The van der Waals surface area contributed by atoms with Gasteiger partial charge in [0.1, 0.15) is 17.4 Å². The van der Waals surface area contributed by atoms with Crippen LogP contribution in [0.4, 0.5) is 4.79 Å². The molecule has 0 aromatic heterocycles. The van der Waals surface area contributed by atoms with Crippen LogP contribution in [0.25, 0.3) is 0 Å². The molecule has 132 valence electrons. The van der Waals surface area contributed by atoms with Crippen LogP contribution in [0.2, 0.25) is 0 Å². The summed E-state index contributed by atoms with van der Waals surface area (Å²) in [6.07, 6.45) is 1.76. The second-order valence-corrected chi connectivity index (χ2v) is 6.37. The third-order valence-corrected chi connectivity index (χ3v) is 3.15. The van der Waals surface area contributed by atoms with E-state index in [0.29, 0.717) is 6.42 Å². The zero-order chi connectivity index (χ0) is 18.3. The van der Waals surface area contributed by atoms with Crippen molar-refractivity contribution in [2.75, 3.05) is 7.11 Å². The minimum absolute atomic E-state index is 0.130. The number of phenolic OH excluding ortho intramolecular Hbond substituents is 1. The molecule has 0 aliphatic carbocycles. The van der Waals surface area contributed by atoms with Gasteiger partial charge in [-0.3, -0.25) is 0 Å². The predicted molar refractivity (Wildman–Crippen MR) is 90.9 cm³/mol. The average Bonchev–Trinajstić information content (AvgIpc) is 2.46. The summed E-state index contributed by atoms with van der Waals surface area (Å²) in [5.41, 5.74) is 0.959. The van der Waals surface area contributed by atoms with E-state index >= 15 is 0 Å². The number of carbonyl (C=O) groups is 2. The van der Waals surface area contributed by atoms with Gasteiger partial charge in [-0.1, -0.05) is 12.1 Å². The molecule has 1 aromatic rings. The molecule has 6 nitrogen and oxygen atoms in total. The van der Waals surface area contributed by atoms with Crippen molar-refractivity contribution in [3.8, 4) is 5.75 Å². The number of hydrogen-bond donors (Lipinski definition) is 2. The SMILES string of the molecule is C=CCc1cc(O)ccc1C[C@H](NC(=O)OC(C)(C)C)C(=O)OC. The van der Waals surface area contributed by atoms with Gasteiger partial charge in [0.05, 0.1) is 7.11 Å². The minimum Gasteiger partial charge on any atom is -0.508 e. The van der Waals surface area contributed by atoms with Gasteiger partial charge in [0, 0.05) is 6.42 Å². The van der Waals surface area contributed by atoms with E-state index in [-0.39, 0.29) is 12.2 Å². The van der Waals surface area contributed by atoms with Crippen LogP contribution in [0.3, 0.4) is 0 Å². The highest BCUT2D eigenvalue weighted by molar-refractivity contribution is 5.81. The van der Waals surface area contributed by atoms with E-state index in [0.717, 1.165) is 11.1 Å². The lowest BCUT2D eigenvalue weighted by molar-refractivity contribution is -0.143. The summed E-state index contributed by atoms with van der Waals surface area (Å²) in [7, 11) is 1.26. The molecule has 1 aromatic carbocycles. The third kappa shape index (κ3) is 6.32. The number of benzene rings is 1. The Morgan fingerprint density at radius 1 is 1.33 bits per heavy atom. The molecular weight excluding hydrogens is 310 g/mol. The molecule has 0 aliphatic heterocycles. The highest BCUT2D eigenvalue weighted by atomic mass is 16.6.